The summed E-state index contributed by atoms with van der Waals surface area (Å²) >= 11 is 0. The molecule has 0 atom stereocenters. The fourth-order valence-electron chi connectivity index (χ4n) is 2.75. The molecule has 0 spiro atoms. The number of anilines is 1. The van der Waals surface area contributed by atoms with Crippen LogP contribution >= 0.6 is 24.0 Å². The van der Waals surface area contributed by atoms with Crippen LogP contribution in [0.15, 0.2) is 46.3 Å². The van der Waals surface area contributed by atoms with Crippen LogP contribution in [0, 0.1) is 0 Å². The van der Waals surface area contributed by atoms with Gasteiger partial charge in [0.25, 0.3) is 5.91 Å². The van der Waals surface area contributed by atoms with Crippen LogP contribution in [0.4, 0.5) is 5.95 Å². The van der Waals surface area contributed by atoms with E-state index in [1.54, 1.807) is 31.6 Å². The number of nitrogens with zero attached hydrogens (tertiary/aromatic N) is 5. The Hall–Kier alpha value is -2.37. The molecule has 2 aromatic heterocycles. The van der Waals surface area contributed by atoms with Crippen LogP contribution < -0.4 is 15.5 Å². The largest absolute Gasteiger partial charge is 0.459 e. The molecular formula is C17H24IN7O2. The van der Waals surface area contributed by atoms with Gasteiger partial charge in [0.2, 0.25) is 5.95 Å². The van der Waals surface area contributed by atoms with Gasteiger partial charge >= 0.3 is 0 Å². The highest BCUT2D eigenvalue weighted by atomic mass is 127. The summed E-state index contributed by atoms with van der Waals surface area (Å²) in [6, 6.07) is 5.14. The zero-order chi connectivity index (χ0) is 18.2. The molecule has 0 aliphatic carbocycles. The average molecular weight is 485 g/mol. The van der Waals surface area contributed by atoms with Crippen LogP contribution in [-0.4, -0.2) is 73.1 Å². The van der Waals surface area contributed by atoms with Crippen molar-refractivity contribution in [2.24, 2.45) is 4.99 Å². The summed E-state index contributed by atoms with van der Waals surface area (Å²) in [5.41, 5.74) is 0. The third kappa shape index (κ3) is 5.81. The van der Waals surface area contributed by atoms with E-state index in [1.807, 2.05) is 6.07 Å². The summed E-state index contributed by atoms with van der Waals surface area (Å²) in [5, 5.41) is 6.08. The zero-order valence-corrected chi connectivity index (χ0v) is 17.5. The van der Waals surface area contributed by atoms with Gasteiger partial charge in [0, 0.05) is 58.7 Å². The van der Waals surface area contributed by atoms with E-state index in [4.69, 9.17) is 4.42 Å². The molecule has 10 heteroatoms. The van der Waals surface area contributed by atoms with Gasteiger partial charge < -0.3 is 24.9 Å². The number of furan rings is 1. The first-order valence-electron chi connectivity index (χ1n) is 8.57. The number of hydrogen-bond donors (Lipinski definition) is 2. The lowest BCUT2D eigenvalue weighted by Gasteiger charge is -2.36. The van der Waals surface area contributed by atoms with E-state index in [0.29, 0.717) is 18.8 Å². The van der Waals surface area contributed by atoms with Crippen molar-refractivity contribution in [2.75, 3.05) is 51.2 Å². The third-order valence-electron chi connectivity index (χ3n) is 4.06. The minimum atomic E-state index is -0.219. The fraction of sp³-hybridized carbons (Fsp3) is 0.412. The number of carbonyl (C=O) groups excluding carboxylic acids is 1. The lowest BCUT2D eigenvalue weighted by atomic mass is 10.3. The molecule has 9 nitrogen and oxygen atoms in total. The number of rotatable bonds is 5. The quantitative estimate of drug-likeness (QED) is 0.280. The highest BCUT2D eigenvalue weighted by Crippen LogP contribution is 2.09. The van der Waals surface area contributed by atoms with Crippen LogP contribution in [0.5, 0.6) is 0 Å². The van der Waals surface area contributed by atoms with Gasteiger partial charge in [-0.2, -0.15) is 0 Å². The van der Waals surface area contributed by atoms with Crippen molar-refractivity contribution in [3.8, 4) is 0 Å². The van der Waals surface area contributed by atoms with Gasteiger partial charge in [0.1, 0.15) is 0 Å². The Kier molecular flexibility index (Phi) is 8.30. The Morgan fingerprint density at radius 1 is 1.15 bits per heavy atom. The fourth-order valence-corrected chi connectivity index (χ4v) is 2.75. The van der Waals surface area contributed by atoms with E-state index in [1.165, 1.54) is 6.26 Å². The number of piperazine rings is 1. The van der Waals surface area contributed by atoms with E-state index in [-0.39, 0.29) is 29.9 Å². The van der Waals surface area contributed by atoms with Crippen molar-refractivity contribution in [3.05, 3.63) is 42.6 Å². The minimum Gasteiger partial charge on any atom is -0.459 e. The smallest absolute Gasteiger partial charge is 0.287 e. The van der Waals surface area contributed by atoms with Crippen molar-refractivity contribution in [2.45, 2.75) is 0 Å². The average Bonchev–Trinajstić information content (AvgIpc) is 3.24. The van der Waals surface area contributed by atoms with Crippen LogP contribution in [0.1, 0.15) is 10.6 Å². The topological polar surface area (TPSA) is 98.9 Å². The number of nitrogens with one attached hydrogen (secondary N) is 2. The number of guanidine groups is 1. The maximum absolute atomic E-state index is 11.8. The first kappa shape index (κ1) is 20.9. The lowest BCUT2D eigenvalue weighted by Crippen LogP contribution is -2.53. The second kappa shape index (κ2) is 10.7. The summed E-state index contributed by atoms with van der Waals surface area (Å²) in [7, 11) is 1.76. The number of halogens is 1. The molecule has 1 amide bonds. The van der Waals surface area contributed by atoms with Crippen LogP contribution in [0.2, 0.25) is 0 Å². The van der Waals surface area contributed by atoms with E-state index >= 15 is 0 Å². The molecule has 0 radical (unpaired) electrons. The first-order valence-corrected chi connectivity index (χ1v) is 8.57. The van der Waals surface area contributed by atoms with Crippen molar-refractivity contribution >= 4 is 41.8 Å². The molecule has 0 bridgehead atoms. The number of carbonyl (C=O) groups is 1. The van der Waals surface area contributed by atoms with E-state index < -0.39 is 0 Å². The maximum Gasteiger partial charge on any atom is 0.287 e. The van der Waals surface area contributed by atoms with E-state index in [2.05, 4.69) is 35.4 Å². The molecule has 0 aromatic carbocycles. The molecule has 0 saturated carbocycles. The predicted molar refractivity (Wildman–Crippen MR) is 114 cm³/mol. The van der Waals surface area contributed by atoms with Crippen molar-refractivity contribution in [1.82, 2.24) is 25.5 Å². The van der Waals surface area contributed by atoms with Gasteiger partial charge in [-0.3, -0.25) is 9.79 Å². The molecule has 27 heavy (non-hydrogen) atoms. The van der Waals surface area contributed by atoms with Gasteiger partial charge in [0.05, 0.1) is 6.26 Å². The van der Waals surface area contributed by atoms with Crippen LogP contribution in [0.25, 0.3) is 0 Å². The second-order valence-electron chi connectivity index (χ2n) is 5.73. The molecule has 2 N–H and O–H groups in total. The molecule has 0 unspecified atom stereocenters. The highest BCUT2D eigenvalue weighted by Gasteiger charge is 2.20. The van der Waals surface area contributed by atoms with E-state index in [0.717, 1.165) is 38.1 Å². The molecule has 3 rings (SSSR count). The Labute approximate surface area is 175 Å². The Bertz CT molecular complexity index is 716. The number of amides is 1. The summed E-state index contributed by atoms with van der Waals surface area (Å²) < 4.78 is 5.06. The van der Waals surface area contributed by atoms with Crippen LogP contribution in [-0.2, 0) is 0 Å². The molecule has 3 heterocycles. The van der Waals surface area contributed by atoms with Gasteiger partial charge in [-0.15, -0.1) is 24.0 Å². The second-order valence-corrected chi connectivity index (χ2v) is 5.73. The van der Waals surface area contributed by atoms with Crippen LogP contribution in [0.3, 0.4) is 0 Å². The molecule has 1 aliphatic rings. The maximum atomic E-state index is 11.8. The number of aliphatic imine (C=N–C) groups is 1. The highest BCUT2D eigenvalue weighted by molar-refractivity contribution is 14.0. The summed E-state index contributed by atoms with van der Waals surface area (Å²) in [6.45, 7) is 4.39. The Morgan fingerprint density at radius 3 is 2.48 bits per heavy atom. The van der Waals surface area contributed by atoms with Gasteiger partial charge in [-0.05, 0) is 18.2 Å². The lowest BCUT2D eigenvalue weighted by molar-refractivity contribution is 0.0926. The predicted octanol–water partition coefficient (Wildman–Crippen LogP) is 0.815. The first-order chi connectivity index (χ1) is 12.8. The summed E-state index contributed by atoms with van der Waals surface area (Å²) in [6.07, 6.45) is 4.99. The molecular weight excluding hydrogens is 461 g/mol. The van der Waals surface area contributed by atoms with Crippen molar-refractivity contribution in [3.63, 3.8) is 0 Å². The minimum absolute atomic E-state index is 0. The van der Waals surface area contributed by atoms with Gasteiger partial charge in [0.15, 0.2) is 11.7 Å². The zero-order valence-electron chi connectivity index (χ0n) is 15.2. The Balaban J connectivity index is 0.00000261. The summed E-state index contributed by atoms with van der Waals surface area (Å²) in [4.78, 5) is 29.1. The molecule has 1 aliphatic heterocycles. The Morgan fingerprint density at radius 2 is 1.85 bits per heavy atom. The molecule has 1 fully saturated rings. The van der Waals surface area contributed by atoms with E-state index in [9.17, 15) is 4.79 Å². The van der Waals surface area contributed by atoms with Gasteiger partial charge in [-0.25, -0.2) is 9.97 Å². The number of aromatic nitrogens is 2. The van der Waals surface area contributed by atoms with Crippen molar-refractivity contribution in [1.29, 1.82) is 0 Å². The third-order valence-corrected chi connectivity index (χ3v) is 4.06. The van der Waals surface area contributed by atoms with Crippen molar-refractivity contribution < 1.29 is 9.21 Å². The normalized spacial score (nSPS) is 14.5. The van der Waals surface area contributed by atoms with Gasteiger partial charge in [-0.1, -0.05) is 0 Å². The summed E-state index contributed by atoms with van der Waals surface area (Å²) in [5.74, 6) is 1.68. The standard InChI is InChI=1S/C17H23N7O2.HI/c1-18-16(22-8-7-19-15(25)14-4-2-13-26-14)23-9-11-24(12-10-23)17-20-5-3-6-21-17;/h2-6,13H,7-12H2,1H3,(H,18,22)(H,19,25);1H. The SMILES string of the molecule is CN=C(NCCNC(=O)c1ccco1)N1CCN(c2ncccn2)CC1.I. The molecule has 2 aromatic rings. The monoisotopic (exact) mass is 485 g/mol. The molecule has 1 saturated heterocycles. The number of hydrogen-bond acceptors (Lipinski definition) is 6. The molecule has 146 valence electrons.